The second-order valence-corrected chi connectivity index (χ2v) is 8.86. The highest BCUT2D eigenvalue weighted by atomic mass is 79.9. The molecule has 0 saturated carbocycles. The van der Waals surface area contributed by atoms with E-state index >= 15 is 0 Å². The van der Waals surface area contributed by atoms with Crippen molar-refractivity contribution in [2.45, 2.75) is 52.7 Å². The highest BCUT2D eigenvalue weighted by Crippen LogP contribution is 2.30. The van der Waals surface area contributed by atoms with Gasteiger partial charge in [-0.2, -0.15) is 4.90 Å². The van der Waals surface area contributed by atoms with Crippen molar-refractivity contribution in [2.75, 3.05) is 4.90 Å². The first-order valence-corrected chi connectivity index (χ1v) is 9.18. The average Bonchev–Trinajstić information content (AvgIpc) is 2.44. The van der Waals surface area contributed by atoms with Crippen LogP contribution in [0, 0.1) is 0 Å². The summed E-state index contributed by atoms with van der Waals surface area (Å²) in [5.74, 6) is -0.0910. The fourth-order valence-corrected chi connectivity index (χ4v) is 2.82. The summed E-state index contributed by atoms with van der Waals surface area (Å²) in [6, 6.07) is 1.55. The number of nitrogens with zero attached hydrogens (tertiary/aromatic N) is 4. The molecule has 2 aromatic heterocycles. The van der Waals surface area contributed by atoms with Gasteiger partial charge < -0.3 is 9.47 Å². The van der Waals surface area contributed by atoms with Gasteiger partial charge in [0.15, 0.2) is 5.82 Å². The monoisotopic (exact) mass is 458 g/mol. The average molecular weight is 460 g/mol. The summed E-state index contributed by atoms with van der Waals surface area (Å²) in [7, 11) is 0. The number of hydrogen-bond donors (Lipinski definition) is 0. The van der Waals surface area contributed by atoms with E-state index in [4.69, 9.17) is 21.1 Å². The Morgan fingerprint density at radius 3 is 2.00 bits per heavy atom. The number of hydrogen-bond acceptors (Lipinski definition) is 7. The van der Waals surface area contributed by atoms with Gasteiger partial charge >= 0.3 is 12.2 Å². The molecule has 0 saturated heterocycles. The van der Waals surface area contributed by atoms with Crippen LogP contribution in [0.2, 0.25) is 5.15 Å². The number of carbonyl (C=O) groups is 2. The number of pyridine rings is 1. The number of anilines is 1. The summed E-state index contributed by atoms with van der Waals surface area (Å²) in [4.78, 5) is 38.6. The number of imide groups is 1. The summed E-state index contributed by atoms with van der Waals surface area (Å²) in [5.41, 5.74) is -1.16. The van der Waals surface area contributed by atoms with Gasteiger partial charge in [0.05, 0.1) is 0 Å². The smallest absolute Gasteiger partial charge is 0.425 e. The number of carbonyl (C=O) groups excluding carboxylic acids is 2. The molecule has 27 heavy (non-hydrogen) atoms. The second-order valence-electron chi connectivity index (χ2n) is 7.62. The normalized spacial score (nSPS) is 12.0. The Bertz CT molecular complexity index is 865. The highest BCUT2D eigenvalue weighted by molar-refractivity contribution is 9.10. The zero-order valence-corrected chi connectivity index (χ0v) is 18.2. The zero-order chi connectivity index (χ0) is 20.6. The van der Waals surface area contributed by atoms with Crippen LogP contribution in [0.5, 0.6) is 0 Å². The van der Waals surface area contributed by atoms with Crippen LogP contribution in [-0.4, -0.2) is 38.3 Å². The van der Waals surface area contributed by atoms with E-state index in [1.165, 1.54) is 6.33 Å². The molecule has 0 aliphatic carbocycles. The maximum absolute atomic E-state index is 12.8. The predicted octanol–water partition coefficient (Wildman–Crippen LogP) is 5.12. The molecule has 2 amide bonds. The third kappa shape index (κ3) is 5.49. The molecule has 0 N–H and O–H groups in total. The van der Waals surface area contributed by atoms with Crippen LogP contribution in [0.15, 0.2) is 16.9 Å². The summed E-state index contributed by atoms with van der Waals surface area (Å²) >= 11 is 9.36. The molecule has 8 nitrogen and oxygen atoms in total. The van der Waals surface area contributed by atoms with E-state index < -0.39 is 23.4 Å². The van der Waals surface area contributed by atoms with Gasteiger partial charge in [-0.05, 0) is 63.5 Å². The largest absolute Gasteiger partial charge is 0.443 e. The molecule has 0 aliphatic heterocycles. The van der Waals surface area contributed by atoms with Crippen LogP contribution < -0.4 is 4.90 Å². The molecule has 10 heteroatoms. The Hall–Kier alpha value is -2.00. The fraction of sp³-hybridized carbons (Fsp3) is 0.471. The van der Waals surface area contributed by atoms with E-state index in [1.54, 1.807) is 47.6 Å². The van der Waals surface area contributed by atoms with E-state index in [9.17, 15) is 9.59 Å². The van der Waals surface area contributed by atoms with Crippen molar-refractivity contribution in [1.29, 1.82) is 0 Å². The number of amides is 2. The third-order valence-electron chi connectivity index (χ3n) is 2.86. The van der Waals surface area contributed by atoms with Gasteiger partial charge in [-0.1, -0.05) is 11.6 Å². The van der Waals surface area contributed by atoms with Gasteiger partial charge in [-0.25, -0.2) is 24.5 Å². The minimum Gasteiger partial charge on any atom is -0.443 e. The maximum Gasteiger partial charge on any atom is 0.425 e. The first kappa shape index (κ1) is 21.3. The van der Waals surface area contributed by atoms with Gasteiger partial charge in [0.2, 0.25) is 0 Å². The van der Waals surface area contributed by atoms with Crippen molar-refractivity contribution in [1.82, 2.24) is 15.0 Å². The Labute approximate surface area is 170 Å². The zero-order valence-electron chi connectivity index (χ0n) is 15.8. The molecule has 0 unspecified atom stereocenters. The van der Waals surface area contributed by atoms with Gasteiger partial charge in [-0.3, -0.25) is 0 Å². The lowest BCUT2D eigenvalue weighted by atomic mass is 10.2. The number of halogens is 2. The molecule has 0 spiro atoms. The van der Waals surface area contributed by atoms with Gasteiger partial charge in [0.25, 0.3) is 0 Å². The van der Waals surface area contributed by atoms with E-state index in [0.717, 1.165) is 0 Å². The van der Waals surface area contributed by atoms with Crippen molar-refractivity contribution in [2.24, 2.45) is 0 Å². The van der Waals surface area contributed by atoms with Crippen molar-refractivity contribution in [3.05, 3.63) is 22.0 Å². The van der Waals surface area contributed by atoms with E-state index in [2.05, 4.69) is 30.9 Å². The molecule has 0 radical (unpaired) electrons. The van der Waals surface area contributed by atoms with Crippen LogP contribution in [-0.2, 0) is 9.47 Å². The van der Waals surface area contributed by atoms with Gasteiger partial charge in [0.1, 0.15) is 33.7 Å². The summed E-state index contributed by atoms with van der Waals surface area (Å²) in [6.45, 7) is 10.1. The fourth-order valence-electron chi connectivity index (χ4n) is 1.99. The van der Waals surface area contributed by atoms with Crippen molar-refractivity contribution in [3.8, 4) is 0 Å². The van der Waals surface area contributed by atoms with E-state index in [0.29, 0.717) is 14.9 Å². The summed E-state index contributed by atoms with van der Waals surface area (Å²) in [6.07, 6.45) is -0.691. The van der Waals surface area contributed by atoms with Crippen molar-refractivity contribution < 1.29 is 19.1 Å². The molecule has 0 fully saturated rings. The Morgan fingerprint density at radius 2 is 1.52 bits per heavy atom. The quantitative estimate of drug-likeness (QED) is 0.546. The van der Waals surface area contributed by atoms with Gasteiger partial charge in [0, 0.05) is 4.47 Å². The van der Waals surface area contributed by atoms with E-state index in [-0.39, 0.29) is 16.5 Å². The number of ether oxygens (including phenoxy) is 2. The minimum absolute atomic E-state index is 0.0910. The first-order valence-electron chi connectivity index (χ1n) is 8.01. The van der Waals surface area contributed by atoms with Gasteiger partial charge in [-0.15, -0.1) is 0 Å². The number of aromatic nitrogens is 3. The maximum atomic E-state index is 12.8. The molecule has 0 aliphatic rings. The Morgan fingerprint density at radius 1 is 1.00 bits per heavy atom. The second kappa shape index (κ2) is 7.55. The lowest BCUT2D eigenvalue weighted by molar-refractivity contribution is 0.0429. The van der Waals surface area contributed by atoms with Crippen LogP contribution in [0.1, 0.15) is 41.5 Å². The lowest BCUT2D eigenvalue weighted by Gasteiger charge is -2.28. The molecular formula is C17H20BrClN4O4. The SMILES string of the molecule is CC(C)(C)OC(=O)N(C(=O)OC(C)(C)C)c1ncnc2c(Br)cc(Cl)nc12. The van der Waals surface area contributed by atoms with Crippen molar-refractivity contribution >= 4 is 56.6 Å². The first-order chi connectivity index (χ1) is 12.3. The topological polar surface area (TPSA) is 94.5 Å². The third-order valence-corrected chi connectivity index (χ3v) is 3.66. The Balaban J connectivity index is 2.65. The van der Waals surface area contributed by atoms with Crippen LogP contribution >= 0.6 is 27.5 Å². The van der Waals surface area contributed by atoms with Crippen LogP contribution in [0.25, 0.3) is 11.0 Å². The number of fused-ring (bicyclic) bond motifs is 1. The molecule has 2 heterocycles. The van der Waals surface area contributed by atoms with Crippen LogP contribution in [0.4, 0.5) is 15.4 Å². The van der Waals surface area contributed by atoms with Crippen molar-refractivity contribution in [3.63, 3.8) is 0 Å². The summed E-state index contributed by atoms with van der Waals surface area (Å²) in [5, 5.41) is 0.138. The molecule has 0 aromatic carbocycles. The Kier molecular flexibility index (Phi) is 5.96. The molecule has 0 atom stereocenters. The van der Waals surface area contributed by atoms with Crippen LogP contribution in [0.3, 0.4) is 0 Å². The van der Waals surface area contributed by atoms with E-state index in [1.807, 2.05) is 0 Å². The predicted molar refractivity (Wildman–Crippen MR) is 105 cm³/mol. The molecular weight excluding hydrogens is 440 g/mol. The molecule has 0 bridgehead atoms. The minimum atomic E-state index is -0.949. The lowest BCUT2D eigenvalue weighted by Crippen LogP contribution is -2.44. The standard InChI is InChI=1S/C17H20BrClN4O4/c1-16(2,3)26-14(24)23(15(25)27-17(4,5)6)13-12-11(20-8-21-13)9(18)7-10(19)22-12/h7-8H,1-6H3. The number of rotatable bonds is 1. The molecule has 2 aromatic rings. The highest BCUT2D eigenvalue weighted by Gasteiger charge is 2.35. The summed E-state index contributed by atoms with van der Waals surface area (Å²) < 4.78 is 11.2. The molecule has 146 valence electrons. The molecule has 2 rings (SSSR count).